The third-order valence-corrected chi connectivity index (χ3v) is 4.53. The molecule has 4 aromatic rings. The van der Waals surface area contributed by atoms with E-state index in [0.717, 1.165) is 33.8 Å². The molecule has 1 atom stereocenters. The molecule has 3 N–H and O–H groups in total. The van der Waals surface area contributed by atoms with Gasteiger partial charge < -0.3 is 11.1 Å². The van der Waals surface area contributed by atoms with Crippen molar-refractivity contribution >= 4 is 16.7 Å². The fourth-order valence-corrected chi connectivity index (χ4v) is 3.23. The van der Waals surface area contributed by atoms with Gasteiger partial charge in [-0.25, -0.2) is 14.6 Å². The second kappa shape index (κ2) is 7.55. The van der Waals surface area contributed by atoms with Crippen LogP contribution in [-0.2, 0) is 6.42 Å². The number of benzene rings is 2. The second-order valence-electron chi connectivity index (χ2n) is 6.42. The van der Waals surface area contributed by atoms with Gasteiger partial charge in [0.15, 0.2) is 0 Å². The van der Waals surface area contributed by atoms with Gasteiger partial charge in [0.2, 0.25) is 0 Å². The molecule has 0 fully saturated rings. The van der Waals surface area contributed by atoms with Crippen molar-refractivity contribution < 1.29 is 0 Å². The molecule has 0 spiro atoms. The lowest BCUT2D eigenvalue weighted by molar-refractivity contribution is 0.809. The number of anilines is 1. The third-order valence-electron chi connectivity index (χ3n) is 4.53. The Morgan fingerprint density at radius 1 is 1.04 bits per heavy atom. The first-order chi connectivity index (χ1) is 13.3. The number of nitrogens with zero attached hydrogens (tertiary/aromatic N) is 4. The van der Waals surface area contributed by atoms with Crippen LogP contribution in [0.1, 0.15) is 24.4 Å². The third kappa shape index (κ3) is 3.52. The van der Waals surface area contributed by atoms with Crippen molar-refractivity contribution in [3.63, 3.8) is 0 Å². The van der Waals surface area contributed by atoms with Crippen molar-refractivity contribution in [2.24, 2.45) is 5.73 Å². The molecule has 2 heterocycles. The van der Waals surface area contributed by atoms with Gasteiger partial charge in [-0.2, -0.15) is 5.10 Å². The van der Waals surface area contributed by atoms with Gasteiger partial charge in [-0.05, 0) is 43.3 Å². The zero-order chi connectivity index (χ0) is 18.6. The van der Waals surface area contributed by atoms with Crippen LogP contribution in [0.3, 0.4) is 0 Å². The standard InChI is InChI=1S/C21H22N6/c1-15(16-7-3-5-10-19(16)27-14-6-13-23-27)24-21-17-8-2-4-9-18(17)25-20(26-21)11-12-22/h2-10,13-15H,11-12,22H2,1H3,(H,24,25,26)/t15-/m1/s1. The van der Waals surface area contributed by atoms with Gasteiger partial charge in [-0.1, -0.05) is 30.3 Å². The highest BCUT2D eigenvalue weighted by molar-refractivity contribution is 5.89. The Labute approximate surface area is 158 Å². The summed E-state index contributed by atoms with van der Waals surface area (Å²) in [5.41, 5.74) is 8.82. The van der Waals surface area contributed by atoms with E-state index in [-0.39, 0.29) is 6.04 Å². The van der Waals surface area contributed by atoms with Crippen LogP contribution >= 0.6 is 0 Å². The van der Waals surface area contributed by atoms with Crippen LogP contribution in [-0.4, -0.2) is 26.3 Å². The maximum Gasteiger partial charge on any atom is 0.138 e. The van der Waals surface area contributed by atoms with Crippen LogP contribution in [0.5, 0.6) is 0 Å². The number of para-hydroxylation sites is 2. The Morgan fingerprint density at radius 3 is 2.67 bits per heavy atom. The maximum atomic E-state index is 5.71. The molecule has 0 saturated carbocycles. The van der Waals surface area contributed by atoms with E-state index in [0.29, 0.717) is 13.0 Å². The largest absolute Gasteiger partial charge is 0.363 e. The molecule has 0 aliphatic carbocycles. The first-order valence-electron chi connectivity index (χ1n) is 9.07. The summed E-state index contributed by atoms with van der Waals surface area (Å²) in [4.78, 5) is 9.34. The molecular formula is C21H22N6. The predicted molar refractivity (Wildman–Crippen MR) is 108 cm³/mol. The topological polar surface area (TPSA) is 81.6 Å². The fourth-order valence-electron chi connectivity index (χ4n) is 3.23. The predicted octanol–water partition coefficient (Wildman–Crippen LogP) is 3.49. The van der Waals surface area contributed by atoms with Crippen molar-refractivity contribution in [1.29, 1.82) is 0 Å². The zero-order valence-corrected chi connectivity index (χ0v) is 15.2. The number of fused-ring (bicyclic) bond motifs is 1. The van der Waals surface area contributed by atoms with E-state index in [9.17, 15) is 0 Å². The Morgan fingerprint density at radius 2 is 1.85 bits per heavy atom. The van der Waals surface area contributed by atoms with Gasteiger partial charge in [0, 0.05) is 24.2 Å². The van der Waals surface area contributed by atoms with E-state index in [4.69, 9.17) is 10.7 Å². The first kappa shape index (κ1) is 17.2. The van der Waals surface area contributed by atoms with Crippen LogP contribution in [0, 0.1) is 0 Å². The highest BCUT2D eigenvalue weighted by Gasteiger charge is 2.15. The Balaban J connectivity index is 1.73. The molecule has 0 unspecified atom stereocenters. The van der Waals surface area contributed by atoms with E-state index in [1.165, 1.54) is 0 Å². The summed E-state index contributed by atoms with van der Waals surface area (Å²) in [5.74, 6) is 1.58. The van der Waals surface area contributed by atoms with Crippen LogP contribution in [0.25, 0.3) is 16.6 Å². The fraction of sp³-hybridized carbons (Fsp3) is 0.190. The molecule has 6 heteroatoms. The minimum atomic E-state index is 0.0365. The minimum absolute atomic E-state index is 0.0365. The van der Waals surface area contributed by atoms with E-state index in [1.54, 1.807) is 6.20 Å². The highest BCUT2D eigenvalue weighted by atomic mass is 15.3. The number of hydrogen-bond donors (Lipinski definition) is 2. The van der Waals surface area contributed by atoms with Crippen molar-refractivity contribution in [3.05, 3.63) is 78.4 Å². The molecule has 27 heavy (non-hydrogen) atoms. The summed E-state index contributed by atoms with van der Waals surface area (Å²) >= 11 is 0. The maximum absolute atomic E-state index is 5.71. The summed E-state index contributed by atoms with van der Waals surface area (Å²) in [5, 5.41) is 8.95. The Kier molecular flexibility index (Phi) is 4.80. The number of aromatic nitrogens is 4. The number of rotatable bonds is 6. The van der Waals surface area contributed by atoms with Gasteiger partial charge in [-0.15, -0.1) is 0 Å². The van der Waals surface area contributed by atoms with Crippen LogP contribution in [0.15, 0.2) is 67.0 Å². The number of hydrogen-bond acceptors (Lipinski definition) is 5. The quantitative estimate of drug-likeness (QED) is 0.551. The monoisotopic (exact) mass is 358 g/mol. The summed E-state index contributed by atoms with van der Waals surface area (Å²) in [7, 11) is 0. The van der Waals surface area contributed by atoms with Crippen molar-refractivity contribution in [1.82, 2.24) is 19.7 Å². The zero-order valence-electron chi connectivity index (χ0n) is 15.2. The molecule has 136 valence electrons. The molecule has 0 bridgehead atoms. The lowest BCUT2D eigenvalue weighted by Crippen LogP contribution is -2.14. The van der Waals surface area contributed by atoms with Crippen LogP contribution in [0.2, 0.25) is 0 Å². The van der Waals surface area contributed by atoms with Crippen LogP contribution < -0.4 is 11.1 Å². The second-order valence-corrected chi connectivity index (χ2v) is 6.42. The van der Waals surface area contributed by atoms with Gasteiger partial charge in [0.05, 0.1) is 17.2 Å². The van der Waals surface area contributed by atoms with Gasteiger partial charge in [0.25, 0.3) is 0 Å². The minimum Gasteiger partial charge on any atom is -0.363 e. The van der Waals surface area contributed by atoms with E-state index in [2.05, 4.69) is 34.5 Å². The molecule has 0 amide bonds. The number of nitrogens with one attached hydrogen (secondary N) is 1. The lowest BCUT2D eigenvalue weighted by Gasteiger charge is -2.20. The average Bonchev–Trinajstić information content (AvgIpc) is 3.23. The molecule has 4 rings (SSSR count). The smallest absolute Gasteiger partial charge is 0.138 e. The van der Waals surface area contributed by atoms with E-state index >= 15 is 0 Å². The Bertz CT molecular complexity index is 1040. The van der Waals surface area contributed by atoms with E-state index in [1.807, 2.05) is 53.3 Å². The molecule has 0 saturated heterocycles. The van der Waals surface area contributed by atoms with Gasteiger partial charge >= 0.3 is 0 Å². The SMILES string of the molecule is C[C@@H](Nc1nc(CCN)nc2ccccc12)c1ccccc1-n1cccn1. The van der Waals surface area contributed by atoms with Crippen molar-refractivity contribution in [2.45, 2.75) is 19.4 Å². The lowest BCUT2D eigenvalue weighted by atomic mass is 10.1. The van der Waals surface area contributed by atoms with Crippen molar-refractivity contribution in [3.8, 4) is 5.69 Å². The summed E-state index contributed by atoms with van der Waals surface area (Å²) in [6.45, 7) is 2.65. The Hall–Kier alpha value is -3.25. The highest BCUT2D eigenvalue weighted by Crippen LogP contribution is 2.27. The van der Waals surface area contributed by atoms with Gasteiger partial charge in [-0.3, -0.25) is 0 Å². The van der Waals surface area contributed by atoms with E-state index < -0.39 is 0 Å². The van der Waals surface area contributed by atoms with Gasteiger partial charge in [0.1, 0.15) is 11.6 Å². The summed E-state index contributed by atoms with van der Waals surface area (Å²) < 4.78 is 1.88. The molecule has 6 nitrogen and oxygen atoms in total. The van der Waals surface area contributed by atoms with Crippen LogP contribution in [0.4, 0.5) is 5.82 Å². The number of nitrogens with two attached hydrogens (primary N) is 1. The molecule has 0 radical (unpaired) electrons. The van der Waals surface area contributed by atoms with Crippen molar-refractivity contribution in [2.75, 3.05) is 11.9 Å². The summed E-state index contributed by atoms with van der Waals surface area (Å²) in [6.07, 6.45) is 4.38. The normalized spacial score (nSPS) is 12.2. The molecular weight excluding hydrogens is 336 g/mol. The molecule has 0 aliphatic rings. The summed E-state index contributed by atoms with van der Waals surface area (Å²) in [6, 6.07) is 18.2. The first-order valence-corrected chi connectivity index (χ1v) is 9.07. The molecule has 0 aliphatic heterocycles. The molecule has 2 aromatic heterocycles. The molecule has 2 aromatic carbocycles. The average molecular weight is 358 g/mol.